The second-order valence-corrected chi connectivity index (χ2v) is 7.40. The minimum Gasteiger partial charge on any atom is -0.326 e. The smallest absolute Gasteiger partial charge is 0.276 e. The molecular formula is C21H24N4O2. The zero-order valence-electron chi connectivity index (χ0n) is 15.8. The van der Waals surface area contributed by atoms with Gasteiger partial charge in [0.1, 0.15) is 5.52 Å². The Balaban J connectivity index is 1.51. The highest BCUT2D eigenvalue weighted by Crippen LogP contribution is 2.22. The van der Waals surface area contributed by atoms with E-state index in [1.165, 1.54) is 0 Å². The first-order valence-electron chi connectivity index (χ1n) is 9.49. The Morgan fingerprint density at radius 3 is 2.63 bits per heavy atom. The Kier molecular flexibility index (Phi) is 4.56. The number of nitrogens with one attached hydrogen (secondary N) is 1. The molecule has 3 aromatic rings. The van der Waals surface area contributed by atoms with E-state index >= 15 is 0 Å². The summed E-state index contributed by atoms with van der Waals surface area (Å²) in [7, 11) is 0. The highest BCUT2D eigenvalue weighted by Gasteiger charge is 2.19. The summed E-state index contributed by atoms with van der Waals surface area (Å²) in [4.78, 5) is 25.2. The van der Waals surface area contributed by atoms with Crippen LogP contribution in [-0.4, -0.2) is 20.1 Å². The summed E-state index contributed by atoms with van der Waals surface area (Å²) in [5.41, 5.74) is 5.75. The van der Waals surface area contributed by atoms with Crippen LogP contribution in [0.2, 0.25) is 0 Å². The number of anilines is 1. The van der Waals surface area contributed by atoms with E-state index in [9.17, 15) is 9.59 Å². The van der Waals surface area contributed by atoms with E-state index in [0.717, 1.165) is 53.8 Å². The van der Waals surface area contributed by atoms with Crippen molar-refractivity contribution in [3.05, 3.63) is 63.3 Å². The predicted molar refractivity (Wildman–Crippen MR) is 105 cm³/mol. The van der Waals surface area contributed by atoms with Crippen LogP contribution >= 0.6 is 0 Å². The van der Waals surface area contributed by atoms with Crippen molar-refractivity contribution in [2.75, 3.05) is 5.32 Å². The topological polar surface area (TPSA) is 68.4 Å². The highest BCUT2D eigenvalue weighted by atomic mass is 16.2. The zero-order valence-corrected chi connectivity index (χ0v) is 15.8. The molecule has 0 spiro atoms. The maximum atomic E-state index is 12.9. The maximum absolute atomic E-state index is 12.9. The van der Waals surface area contributed by atoms with Gasteiger partial charge in [0.2, 0.25) is 5.91 Å². The minimum absolute atomic E-state index is 0.0626. The maximum Gasteiger partial charge on any atom is 0.276 e. The third-order valence-electron chi connectivity index (χ3n) is 5.12. The van der Waals surface area contributed by atoms with E-state index in [0.29, 0.717) is 12.1 Å². The molecule has 0 unspecified atom stereocenters. The normalized spacial score (nSPS) is 13.6. The quantitative estimate of drug-likeness (QED) is 0.774. The summed E-state index contributed by atoms with van der Waals surface area (Å²) in [5.74, 6) is -0.0951. The molecule has 0 fully saturated rings. The molecule has 0 bridgehead atoms. The van der Waals surface area contributed by atoms with Gasteiger partial charge in [-0.25, -0.2) is 4.52 Å². The molecule has 0 aliphatic heterocycles. The van der Waals surface area contributed by atoms with Crippen LogP contribution in [-0.2, 0) is 24.2 Å². The van der Waals surface area contributed by atoms with Crippen molar-refractivity contribution in [2.45, 2.75) is 52.5 Å². The van der Waals surface area contributed by atoms with E-state index in [4.69, 9.17) is 0 Å². The molecule has 0 saturated carbocycles. The fourth-order valence-corrected chi connectivity index (χ4v) is 3.92. The number of benzene rings is 1. The third kappa shape index (κ3) is 3.52. The first-order chi connectivity index (χ1) is 13.0. The van der Waals surface area contributed by atoms with Crippen molar-refractivity contribution in [3.63, 3.8) is 0 Å². The molecule has 0 saturated heterocycles. The molecule has 1 aliphatic rings. The number of nitrogens with zero attached hydrogens (tertiary/aromatic N) is 3. The second-order valence-electron chi connectivity index (χ2n) is 7.40. The number of carbonyl (C=O) groups excluding carboxylic acids is 1. The minimum atomic E-state index is -0.0951. The van der Waals surface area contributed by atoms with Crippen LogP contribution in [0.1, 0.15) is 41.6 Å². The average Bonchev–Trinajstić information content (AvgIpc) is 2.99. The summed E-state index contributed by atoms with van der Waals surface area (Å²) in [6.07, 6.45) is 7.86. The van der Waals surface area contributed by atoms with Gasteiger partial charge in [0.25, 0.3) is 5.56 Å². The van der Waals surface area contributed by atoms with Gasteiger partial charge in [-0.05, 0) is 62.8 Å². The van der Waals surface area contributed by atoms with Crippen LogP contribution in [0.3, 0.4) is 0 Å². The van der Waals surface area contributed by atoms with E-state index < -0.39 is 0 Å². The van der Waals surface area contributed by atoms with Gasteiger partial charge in [0, 0.05) is 36.6 Å². The van der Waals surface area contributed by atoms with Gasteiger partial charge >= 0.3 is 0 Å². The van der Waals surface area contributed by atoms with Crippen molar-refractivity contribution in [2.24, 2.45) is 0 Å². The predicted octanol–water partition coefficient (Wildman–Crippen LogP) is 3.02. The van der Waals surface area contributed by atoms with E-state index in [-0.39, 0.29) is 17.9 Å². The molecule has 1 aromatic carbocycles. The van der Waals surface area contributed by atoms with Gasteiger partial charge in [-0.2, -0.15) is 5.10 Å². The number of hydrogen-bond donors (Lipinski definition) is 1. The lowest BCUT2D eigenvalue weighted by molar-refractivity contribution is -0.116. The number of aryl methyl sites for hydroxylation is 5. The number of hydrogen-bond acceptors (Lipinski definition) is 3. The Morgan fingerprint density at radius 1 is 1.11 bits per heavy atom. The molecule has 1 N–H and O–H groups in total. The van der Waals surface area contributed by atoms with Crippen LogP contribution in [0.15, 0.2) is 35.4 Å². The fourth-order valence-electron chi connectivity index (χ4n) is 3.92. The lowest BCUT2D eigenvalue weighted by Gasteiger charge is -2.10. The van der Waals surface area contributed by atoms with Gasteiger partial charge in [0.15, 0.2) is 0 Å². The third-order valence-corrected chi connectivity index (χ3v) is 5.12. The van der Waals surface area contributed by atoms with Gasteiger partial charge in [-0.1, -0.05) is 6.07 Å². The summed E-state index contributed by atoms with van der Waals surface area (Å²) in [5, 5.41) is 7.47. The molecular weight excluding hydrogens is 340 g/mol. The standard InChI is InChI=1S/C21H24N4O2/c1-14-11-15(2)13-16(12-14)22-19(26)7-8-24-9-10-25-20(21(24)27)17-5-3-4-6-18(17)23-25/h9-13H,3-8H2,1-2H3,(H,22,26). The van der Waals surface area contributed by atoms with Crippen molar-refractivity contribution >= 4 is 17.1 Å². The Labute approximate surface area is 157 Å². The van der Waals surface area contributed by atoms with Gasteiger partial charge in [-0.15, -0.1) is 0 Å². The molecule has 2 aromatic heterocycles. The molecule has 6 heteroatoms. The first-order valence-corrected chi connectivity index (χ1v) is 9.49. The number of amides is 1. The summed E-state index contributed by atoms with van der Waals surface area (Å²) < 4.78 is 3.32. The van der Waals surface area contributed by atoms with Crippen LogP contribution in [0.25, 0.3) is 5.52 Å². The Morgan fingerprint density at radius 2 is 1.85 bits per heavy atom. The number of fused-ring (bicyclic) bond motifs is 3. The summed E-state index contributed by atoms with van der Waals surface area (Å²) >= 11 is 0. The van der Waals surface area contributed by atoms with Crippen LogP contribution in [0, 0.1) is 13.8 Å². The SMILES string of the molecule is Cc1cc(C)cc(NC(=O)CCn2ccn3nc4c(c3c2=O)CCCC4)c1. The number of aromatic nitrogens is 3. The van der Waals surface area contributed by atoms with Gasteiger partial charge in [-0.3, -0.25) is 9.59 Å². The molecule has 1 amide bonds. The summed E-state index contributed by atoms with van der Waals surface area (Å²) in [6.45, 7) is 4.36. The summed E-state index contributed by atoms with van der Waals surface area (Å²) in [6, 6.07) is 5.96. The molecule has 1 aliphatic carbocycles. The molecule has 6 nitrogen and oxygen atoms in total. The Hall–Kier alpha value is -2.89. The number of carbonyl (C=O) groups is 1. The van der Waals surface area contributed by atoms with Crippen LogP contribution in [0.4, 0.5) is 5.69 Å². The molecule has 140 valence electrons. The van der Waals surface area contributed by atoms with Crippen LogP contribution in [0.5, 0.6) is 0 Å². The zero-order chi connectivity index (χ0) is 19.0. The monoisotopic (exact) mass is 364 g/mol. The van der Waals surface area contributed by atoms with Crippen molar-refractivity contribution in [1.82, 2.24) is 14.2 Å². The van der Waals surface area contributed by atoms with Crippen molar-refractivity contribution in [1.29, 1.82) is 0 Å². The second kappa shape index (κ2) is 7.02. The Bertz CT molecular complexity index is 1060. The lowest BCUT2D eigenvalue weighted by atomic mass is 9.97. The van der Waals surface area contributed by atoms with Crippen molar-refractivity contribution in [3.8, 4) is 0 Å². The first kappa shape index (κ1) is 17.5. The van der Waals surface area contributed by atoms with Gasteiger partial charge in [0.05, 0.1) is 5.69 Å². The average molecular weight is 364 g/mol. The molecule has 27 heavy (non-hydrogen) atoms. The van der Waals surface area contributed by atoms with E-state index in [2.05, 4.69) is 16.5 Å². The van der Waals surface area contributed by atoms with E-state index in [1.807, 2.05) is 32.2 Å². The van der Waals surface area contributed by atoms with Crippen molar-refractivity contribution < 1.29 is 4.79 Å². The molecule has 2 heterocycles. The van der Waals surface area contributed by atoms with Gasteiger partial charge < -0.3 is 9.88 Å². The fraction of sp³-hybridized carbons (Fsp3) is 0.381. The van der Waals surface area contributed by atoms with Crippen LogP contribution < -0.4 is 10.9 Å². The molecule has 4 rings (SSSR count). The lowest BCUT2D eigenvalue weighted by Crippen LogP contribution is -2.24. The largest absolute Gasteiger partial charge is 0.326 e. The number of rotatable bonds is 4. The highest BCUT2D eigenvalue weighted by molar-refractivity contribution is 5.90. The van der Waals surface area contributed by atoms with E-state index in [1.54, 1.807) is 15.3 Å². The molecule has 0 radical (unpaired) electrons. The molecule has 0 atom stereocenters.